The van der Waals surface area contributed by atoms with Crippen LogP contribution < -0.4 is 4.74 Å². The molecule has 0 radical (unpaired) electrons. The van der Waals surface area contributed by atoms with E-state index in [9.17, 15) is 0 Å². The van der Waals surface area contributed by atoms with Crippen molar-refractivity contribution in [1.82, 2.24) is 0 Å². The van der Waals surface area contributed by atoms with Gasteiger partial charge in [-0.05, 0) is 59.3 Å². The van der Waals surface area contributed by atoms with E-state index in [1.165, 1.54) is 11.1 Å². The maximum atomic E-state index is 6.92. The Bertz CT molecular complexity index is 551. The lowest BCUT2D eigenvalue weighted by Gasteiger charge is -2.43. The topological polar surface area (TPSA) is 18.5 Å². The molecule has 128 valence electrons. The largest absolute Gasteiger partial charge is 0.542 e. The van der Waals surface area contributed by atoms with Gasteiger partial charge in [0, 0.05) is 5.56 Å². The van der Waals surface area contributed by atoms with E-state index in [1.54, 1.807) is 7.11 Å². The summed E-state index contributed by atoms with van der Waals surface area (Å²) in [7, 11) is -0.177. The van der Waals surface area contributed by atoms with Crippen LogP contribution in [0.1, 0.15) is 59.1 Å². The number of allylic oxidation sites excluding steroid dienone is 1. The molecule has 0 aromatic heterocycles. The molecule has 0 atom stereocenters. The van der Waals surface area contributed by atoms with Crippen molar-refractivity contribution in [2.75, 3.05) is 7.11 Å². The molecule has 0 N–H and O–H groups in total. The fraction of sp³-hybridized carbons (Fsp3) is 0.600. The average Bonchev–Trinajstić information content (AvgIpc) is 2.50. The molecule has 3 heteroatoms. The van der Waals surface area contributed by atoms with Gasteiger partial charge in [-0.15, -0.1) is 0 Å². The lowest BCUT2D eigenvalue weighted by atomic mass is 9.96. The number of aryl methyl sites for hydroxylation is 1. The van der Waals surface area contributed by atoms with Gasteiger partial charge in [0.15, 0.2) is 0 Å². The number of rotatable bonds is 6. The third-order valence-corrected chi connectivity index (χ3v) is 11.3. The molecule has 0 heterocycles. The molecule has 23 heavy (non-hydrogen) atoms. The highest BCUT2D eigenvalue weighted by molar-refractivity contribution is 6.78. The lowest BCUT2D eigenvalue weighted by molar-refractivity contribution is 0.413. The quantitative estimate of drug-likeness (QED) is 0.580. The molecule has 0 fully saturated rings. The average molecular weight is 333 g/mol. The van der Waals surface area contributed by atoms with Gasteiger partial charge >= 0.3 is 0 Å². The molecule has 1 aliphatic rings. The highest BCUT2D eigenvalue weighted by Crippen LogP contribution is 2.46. The molecule has 0 bridgehead atoms. The molecule has 0 aliphatic heterocycles. The van der Waals surface area contributed by atoms with Gasteiger partial charge in [0.25, 0.3) is 8.32 Å². The molecule has 1 aromatic carbocycles. The van der Waals surface area contributed by atoms with Crippen molar-refractivity contribution in [2.24, 2.45) is 0 Å². The number of hydrogen-bond donors (Lipinski definition) is 0. The van der Waals surface area contributed by atoms with Gasteiger partial charge in [0.05, 0.1) is 7.11 Å². The number of ether oxygens (including phenoxy) is 1. The predicted octanol–water partition coefficient (Wildman–Crippen LogP) is 6.17. The summed E-state index contributed by atoms with van der Waals surface area (Å²) in [5, 5.41) is 0. The van der Waals surface area contributed by atoms with Gasteiger partial charge in [0.2, 0.25) is 0 Å². The SMILES string of the molecule is COc1ccc2c(c1)CCC=C2O[Si](C(C)C)(C(C)C)C(C)C. The van der Waals surface area contributed by atoms with Crippen LogP contribution in [0.2, 0.25) is 16.6 Å². The summed E-state index contributed by atoms with van der Waals surface area (Å²) in [5.74, 6) is 2.04. The third kappa shape index (κ3) is 3.35. The first-order valence-corrected chi connectivity index (χ1v) is 11.0. The molecule has 2 rings (SSSR count). The first kappa shape index (κ1) is 18.1. The van der Waals surface area contributed by atoms with Crippen LogP contribution in [0.5, 0.6) is 5.75 Å². The van der Waals surface area contributed by atoms with Crippen molar-refractivity contribution < 1.29 is 9.16 Å². The Morgan fingerprint density at radius 2 is 1.57 bits per heavy atom. The fourth-order valence-corrected chi connectivity index (χ4v) is 9.53. The zero-order chi connectivity index (χ0) is 17.2. The summed E-state index contributed by atoms with van der Waals surface area (Å²) >= 11 is 0. The Kier molecular flexibility index (Phi) is 5.61. The number of hydrogen-bond acceptors (Lipinski definition) is 2. The van der Waals surface area contributed by atoms with Gasteiger partial charge in [-0.25, -0.2) is 0 Å². The molecule has 0 amide bonds. The van der Waals surface area contributed by atoms with Gasteiger partial charge < -0.3 is 9.16 Å². The molecule has 0 unspecified atom stereocenters. The maximum absolute atomic E-state index is 6.92. The molecule has 0 saturated carbocycles. The zero-order valence-electron chi connectivity index (χ0n) is 15.8. The molecular weight excluding hydrogens is 300 g/mol. The van der Waals surface area contributed by atoms with Crippen LogP contribution >= 0.6 is 0 Å². The van der Waals surface area contributed by atoms with Crippen LogP contribution in [0.3, 0.4) is 0 Å². The minimum absolute atomic E-state index is 0.590. The monoisotopic (exact) mass is 332 g/mol. The van der Waals surface area contributed by atoms with Gasteiger partial charge in [-0.2, -0.15) is 0 Å². The summed E-state index contributed by atoms with van der Waals surface area (Å²) < 4.78 is 12.3. The van der Waals surface area contributed by atoms with E-state index in [2.05, 4.69) is 59.8 Å². The van der Waals surface area contributed by atoms with Crippen molar-refractivity contribution in [3.05, 3.63) is 35.4 Å². The van der Waals surface area contributed by atoms with Gasteiger partial charge in [0.1, 0.15) is 11.5 Å². The molecule has 0 spiro atoms. The lowest BCUT2D eigenvalue weighted by Crippen LogP contribution is -2.47. The van der Waals surface area contributed by atoms with Crippen molar-refractivity contribution in [1.29, 1.82) is 0 Å². The number of benzene rings is 1. The van der Waals surface area contributed by atoms with Crippen molar-refractivity contribution in [3.8, 4) is 5.75 Å². The van der Waals surface area contributed by atoms with Crippen LogP contribution in [0.25, 0.3) is 5.76 Å². The highest BCUT2D eigenvalue weighted by atomic mass is 28.4. The van der Waals surface area contributed by atoms with E-state index in [1.807, 2.05) is 6.07 Å². The minimum atomic E-state index is -1.90. The highest BCUT2D eigenvalue weighted by Gasteiger charge is 2.47. The molecule has 1 aliphatic carbocycles. The summed E-state index contributed by atoms with van der Waals surface area (Å²) in [4.78, 5) is 0. The van der Waals surface area contributed by atoms with Crippen molar-refractivity contribution in [3.63, 3.8) is 0 Å². The fourth-order valence-electron chi connectivity index (χ4n) is 4.25. The van der Waals surface area contributed by atoms with Gasteiger partial charge in [-0.1, -0.05) is 41.5 Å². The first-order chi connectivity index (χ1) is 10.8. The van der Waals surface area contributed by atoms with E-state index in [0.29, 0.717) is 16.6 Å². The van der Waals surface area contributed by atoms with E-state index in [4.69, 9.17) is 9.16 Å². The molecular formula is C20H32O2Si. The summed E-state index contributed by atoms with van der Waals surface area (Å²) in [6.45, 7) is 14.0. The maximum Gasteiger partial charge on any atom is 0.258 e. The number of methoxy groups -OCH3 is 1. The summed E-state index contributed by atoms with van der Waals surface area (Å²) in [5.41, 5.74) is 4.38. The van der Waals surface area contributed by atoms with Crippen LogP contribution in [-0.2, 0) is 10.8 Å². The normalized spacial score (nSPS) is 15.0. The van der Waals surface area contributed by atoms with E-state index in [0.717, 1.165) is 24.4 Å². The van der Waals surface area contributed by atoms with E-state index >= 15 is 0 Å². The second-order valence-electron chi connectivity index (χ2n) is 7.55. The van der Waals surface area contributed by atoms with E-state index < -0.39 is 8.32 Å². The van der Waals surface area contributed by atoms with Crippen LogP contribution in [-0.4, -0.2) is 15.4 Å². The number of fused-ring (bicyclic) bond motifs is 1. The Labute approximate surface area is 143 Å². The first-order valence-electron chi connectivity index (χ1n) is 8.89. The molecule has 2 nitrogen and oxygen atoms in total. The Hall–Kier alpha value is -1.22. The van der Waals surface area contributed by atoms with Crippen molar-refractivity contribution in [2.45, 2.75) is 71.0 Å². The Morgan fingerprint density at radius 1 is 0.957 bits per heavy atom. The van der Waals surface area contributed by atoms with E-state index in [-0.39, 0.29) is 0 Å². The Morgan fingerprint density at radius 3 is 2.09 bits per heavy atom. The second kappa shape index (κ2) is 7.12. The summed E-state index contributed by atoms with van der Waals surface area (Å²) in [6, 6.07) is 6.37. The smallest absolute Gasteiger partial charge is 0.258 e. The second-order valence-corrected chi connectivity index (χ2v) is 12.9. The Balaban J connectivity index is 2.41. The van der Waals surface area contributed by atoms with Crippen LogP contribution in [0, 0.1) is 0 Å². The van der Waals surface area contributed by atoms with Crippen LogP contribution in [0.4, 0.5) is 0 Å². The van der Waals surface area contributed by atoms with Crippen molar-refractivity contribution >= 4 is 14.1 Å². The summed E-state index contributed by atoms with van der Waals surface area (Å²) in [6.07, 6.45) is 4.41. The standard InChI is InChI=1S/C20H32O2Si/c1-14(2)23(15(3)4,16(5)6)22-20-10-8-9-17-13-18(21-7)11-12-19(17)20/h10-16H,8-9H2,1-7H3. The van der Waals surface area contributed by atoms with Crippen LogP contribution in [0.15, 0.2) is 24.3 Å². The minimum Gasteiger partial charge on any atom is -0.542 e. The third-order valence-electron chi connectivity index (χ3n) is 5.32. The predicted molar refractivity (Wildman–Crippen MR) is 101 cm³/mol. The zero-order valence-corrected chi connectivity index (χ0v) is 16.8. The molecule has 0 saturated heterocycles. The molecule has 1 aromatic rings. The van der Waals surface area contributed by atoms with Gasteiger partial charge in [-0.3, -0.25) is 0 Å².